The zero-order valence-corrected chi connectivity index (χ0v) is 13.0. The molecule has 2 aliphatic rings. The van der Waals surface area contributed by atoms with Crippen molar-refractivity contribution in [3.05, 3.63) is 0 Å². The summed E-state index contributed by atoms with van der Waals surface area (Å²) >= 11 is 0. The second-order valence-electron chi connectivity index (χ2n) is 5.14. The Bertz CT molecular complexity index is 484. The van der Waals surface area contributed by atoms with E-state index in [0.717, 1.165) is 0 Å². The summed E-state index contributed by atoms with van der Waals surface area (Å²) in [5.74, 6) is -1.48. The first-order chi connectivity index (χ1) is 8.93. The number of carbonyl (C=O) groups is 2. The zero-order valence-electron chi connectivity index (χ0n) is 11.4. The third-order valence-corrected chi connectivity index (χ3v) is 5.94. The van der Waals surface area contributed by atoms with Crippen LogP contribution in [-0.4, -0.2) is 50.9 Å². The molecule has 0 aliphatic carbocycles. The summed E-state index contributed by atoms with van der Waals surface area (Å²) in [4.78, 5) is 24.3. The monoisotopic (exact) mass is 325 g/mol. The third kappa shape index (κ3) is 2.99. The quantitative estimate of drug-likeness (QED) is 0.572. The van der Waals surface area contributed by atoms with Crippen molar-refractivity contribution >= 4 is 34.0 Å². The Morgan fingerprint density at radius 3 is 2.50 bits per heavy atom. The Kier molecular flexibility index (Phi) is 5.57. The van der Waals surface area contributed by atoms with Crippen molar-refractivity contribution in [1.82, 2.24) is 5.32 Å². The lowest BCUT2D eigenvalue weighted by Gasteiger charge is -2.41. The molecule has 0 radical (unpaired) electrons. The molecule has 0 aromatic heterocycles. The van der Waals surface area contributed by atoms with Crippen LogP contribution in [-0.2, 0) is 24.2 Å². The normalized spacial score (nSPS) is 27.6. The second kappa shape index (κ2) is 6.41. The number of hydrogen-bond donors (Lipinski definition) is 1. The summed E-state index contributed by atoms with van der Waals surface area (Å²) in [7, 11) is -3.71. The Morgan fingerprint density at radius 2 is 1.95 bits per heavy atom. The van der Waals surface area contributed by atoms with Gasteiger partial charge in [0.1, 0.15) is 0 Å². The first-order valence-electron chi connectivity index (χ1n) is 6.56. The fourth-order valence-corrected chi connectivity index (χ4v) is 4.74. The fourth-order valence-electron chi connectivity index (χ4n) is 2.89. The highest BCUT2D eigenvalue weighted by atomic mass is 35.5. The van der Waals surface area contributed by atoms with Gasteiger partial charge in [-0.25, -0.2) is 8.42 Å². The largest absolute Gasteiger partial charge is 0.465 e. The van der Waals surface area contributed by atoms with E-state index in [1.54, 1.807) is 6.92 Å². The molecule has 2 aliphatic heterocycles. The van der Waals surface area contributed by atoms with Gasteiger partial charge in [0.05, 0.1) is 12.4 Å². The lowest BCUT2D eigenvalue weighted by molar-refractivity contribution is -0.148. The first-order valence-corrected chi connectivity index (χ1v) is 8.28. The molecule has 8 heteroatoms. The molecule has 1 unspecified atom stereocenters. The predicted octanol–water partition coefficient (Wildman–Crippen LogP) is 0.0973. The molecule has 1 N–H and O–H groups in total. The maximum Gasteiger partial charge on any atom is 0.332 e. The molecule has 20 heavy (non-hydrogen) atoms. The number of carbonyl (C=O) groups excluding carboxylic acids is 2. The van der Waals surface area contributed by atoms with Gasteiger partial charge in [0, 0.05) is 5.41 Å². The Morgan fingerprint density at radius 1 is 1.35 bits per heavy atom. The minimum Gasteiger partial charge on any atom is -0.465 e. The van der Waals surface area contributed by atoms with E-state index in [0.29, 0.717) is 32.4 Å². The number of rotatable bonds is 2. The van der Waals surface area contributed by atoms with Crippen LogP contribution >= 0.6 is 12.4 Å². The van der Waals surface area contributed by atoms with Gasteiger partial charge in [-0.2, -0.15) is 0 Å². The molecule has 2 heterocycles. The molecule has 116 valence electrons. The number of piperidine rings is 1. The molecular formula is C12H20ClNO5S. The molecule has 6 nitrogen and oxygen atoms in total. The van der Waals surface area contributed by atoms with Gasteiger partial charge < -0.3 is 10.1 Å². The van der Waals surface area contributed by atoms with Crippen LogP contribution in [0.25, 0.3) is 0 Å². The van der Waals surface area contributed by atoms with Crippen molar-refractivity contribution in [1.29, 1.82) is 0 Å². The van der Waals surface area contributed by atoms with E-state index in [1.165, 1.54) is 0 Å². The molecule has 0 bridgehead atoms. The van der Waals surface area contributed by atoms with E-state index < -0.39 is 32.3 Å². The molecule has 0 saturated carbocycles. The average molecular weight is 326 g/mol. The van der Waals surface area contributed by atoms with Gasteiger partial charge in [-0.1, -0.05) is 0 Å². The van der Waals surface area contributed by atoms with Crippen molar-refractivity contribution < 1.29 is 22.7 Å². The van der Waals surface area contributed by atoms with E-state index in [9.17, 15) is 18.0 Å². The Balaban J connectivity index is 0.00000200. The number of nitrogens with one attached hydrogen (secondary N) is 1. The highest BCUT2D eigenvalue weighted by molar-refractivity contribution is 7.93. The van der Waals surface area contributed by atoms with Crippen LogP contribution in [0.4, 0.5) is 0 Å². The van der Waals surface area contributed by atoms with Crippen LogP contribution in [0.3, 0.4) is 0 Å². The van der Waals surface area contributed by atoms with Crippen molar-refractivity contribution in [3.8, 4) is 0 Å². The highest BCUT2D eigenvalue weighted by Crippen LogP contribution is 2.40. The first kappa shape index (κ1) is 17.4. The van der Waals surface area contributed by atoms with Gasteiger partial charge in [0.25, 0.3) is 0 Å². The SMILES string of the molecule is CCOC(=O)C1C(=O)C2(CCNCC2)CCS1(=O)=O.Cl. The van der Waals surface area contributed by atoms with Crippen LogP contribution in [0.5, 0.6) is 0 Å². The van der Waals surface area contributed by atoms with Crippen LogP contribution in [0.2, 0.25) is 0 Å². The average Bonchev–Trinajstić information content (AvgIpc) is 2.36. The second-order valence-corrected chi connectivity index (χ2v) is 7.35. The standard InChI is InChI=1S/C12H19NO5S.ClH/c1-2-18-11(15)9-10(14)12(3-6-13-7-4-12)5-8-19(9,16)17;/h9,13H,2-8H2,1H3;1H. The lowest BCUT2D eigenvalue weighted by Crippen LogP contribution is -2.56. The van der Waals surface area contributed by atoms with Crippen molar-refractivity contribution in [3.63, 3.8) is 0 Å². The van der Waals surface area contributed by atoms with Gasteiger partial charge in [0.2, 0.25) is 5.25 Å². The van der Waals surface area contributed by atoms with E-state index in [1.807, 2.05) is 0 Å². The van der Waals surface area contributed by atoms with Gasteiger partial charge in [-0.15, -0.1) is 12.4 Å². The van der Waals surface area contributed by atoms with Gasteiger partial charge in [-0.3, -0.25) is 9.59 Å². The van der Waals surface area contributed by atoms with Crippen molar-refractivity contribution in [2.75, 3.05) is 25.4 Å². The molecule has 2 fully saturated rings. The molecular weight excluding hydrogens is 306 g/mol. The number of halogens is 1. The summed E-state index contributed by atoms with van der Waals surface area (Å²) in [6.07, 6.45) is 1.51. The lowest BCUT2D eigenvalue weighted by atomic mass is 9.72. The van der Waals surface area contributed by atoms with Crippen molar-refractivity contribution in [2.45, 2.75) is 31.4 Å². The topological polar surface area (TPSA) is 89.5 Å². The number of ether oxygens (including phenoxy) is 1. The molecule has 0 aromatic carbocycles. The van der Waals surface area contributed by atoms with E-state index >= 15 is 0 Å². The predicted molar refractivity (Wildman–Crippen MR) is 75.6 cm³/mol. The number of hydrogen-bond acceptors (Lipinski definition) is 6. The Labute approximate surface area is 125 Å². The van der Waals surface area contributed by atoms with Crippen LogP contribution in [0.1, 0.15) is 26.2 Å². The number of Topliss-reactive ketones (excluding diaryl/α,β-unsaturated/α-hetero) is 1. The maximum absolute atomic E-state index is 12.5. The number of ketones is 1. The smallest absolute Gasteiger partial charge is 0.332 e. The summed E-state index contributed by atoms with van der Waals surface area (Å²) in [6, 6.07) is 0. The summed E-state index contributed by atoms with van der Waals surface area (Å²) < 4.78 is 28.8. The van der Waals surface area contributed by atoms with E-state index in [-0.39, 0.29) is 24.8 Å². The zero-order chi connectivity index (χ0) is 14.1. The maximum atomic E-state index is 12.5. The molecule has 1 atom stereocenters. The van der Waals surface area contributed by atoms with Crippen LogP contribution < -0.4 is 5.32 Å². The van der Waals surface area contributed by atoms with Gasteiger partial charge >= 0.3 is 5.97 Å². The van der Waals surface area contributed by atoms with Crippen LogP contribution in [0, 0.1) is 5.41 Å². The van der Waals surface area contributed by atoms with E-state index in [4.69, 9.17) is 4.74 Å². The number of esters is 1. The summed E-state index contributed by atoms with van der Waals surface area (Å²) in [5.41, 5.74) is -0.659. The highest BCUT2D eigenvalue weighted by Gasteiger charge is 2.54. The van der Waals surface area contributed by atoms with E-state index in [2.05, 4.69) is 5.32 Å². The third-order valence-electron chi connectivity index (χ3n) is 4.05. The Hall–Kier alpha value is -0.660. The summed E-state index contributed by atoms with van der Waals surface area (Å²) in [6.45, 7) is 3.04. The van der Waals surface area contributed by atoms with Crippen LogP contribution in [0.15, 0.2) is 0 Å². The molecule has 0 aromatic rings. The van der Waals surface area contributed by atoms with Crippen molar-refractivity contribution in [2.24, 2.45) is 5.41 Å². The molecule has 2 rings (SSSR count). The fraction of sp³-hybridized carbons (Fsp3) is 0.833. The molecule has 1 spiro atoms. The minimum atomic E-state index is -3.71. The summed E-state index contributed by atoms with van der Waals surface area (Å²) in [5, 5.41) is 1.54. The van der Waals surface area contributed by atoms with Gasteiger partial charge in [0.15, 0.2) is 15.6 Å². The van der Waals surface area contributed by atoms with Gasteiger partial charge in [-0.05, 0) is 39.3 Å². The minimum absolute atomic E-state index is 0. The number of sulfone groups is 1. The molecule has 0 amide bonds. The molecule has 2 saturated heterocycles.